The zero-order valence-electron chi connectivity index (χ0n) is 17.4. The van der Waals surface area contributed by atoms with Gasteiger partial charge in [0.05, 0.1) is 12.0 Å². The van der Waals surface area contributed by atoms with Gasteiger partial charge in [-0.15, -0.1) is 0 Å². The Bertz CT molecular complexity index is 860. The molecule has 0 aliphatic carbocycles. The van der Waals surface area contributed by atoms with E-state index in [1.807, 2.05) is 29.2 Å². The molecule has 0 amide bonds. The zero-order valence-corrected chi connectivity index (χ0v) is 17.4. The third kappa shape index (κ3) is 4.24. The summed E-state index contributed by atoms with van der Waals surface area (Å²) in [5, 5.41) is 12.0. The Morgan fingerprint density at radius 2 is 1.37 bits per heavy atom. The number of benzene rings is 1. The summed E-state index contributed by atoms with van der Waals surface area (Å²) < 4.78 is 5.23. The summed E-state index contributed by atoms with van der Waals surface area (Å²) in [7, 11) is 1.66. The van der Waals surface area contributed by atoms with Crippen LogP contribution in [-0.2, 0) is 0 Å². The summed E-state index contributed by atoms with van der Waals surface area (Å²) >= 11 is 0. The molecule has 2 saturated heterocycles. The van der Waals surface area contributed by atoms with Crippen LogP contribution < -0.4 is 19.4 Å². The number of ether oxygens (including phenoxy) is 1. The molecule has 0 bridgehead atoms. The topological polar surface area (TPSA) is 87.9 Å². The Labute approximate surface area is 176 Å². The number of piperazine rings is 1. The van der Waals surface area contributed by atoms with Crippen molar-refractivity contribution in [2.24, 2.45) is 0 Å². The molecule has 1 aromatic carbocycles. The molecule has 9 heteroatoms. The lowest BCUT2D eigenvalue weighted by Crippen LogP contribution is -2.47. The Morgan fingerprint density at radius 3 is 1.90 bits per heavy atom. The smallest absolute Gasteiger partial charge is 0.353 e. The van der Waals surface area contributed by atoms with E-state index in [1.165, 1.54) is 6.33 Å². The number of hydrogen-bond donors (Lipinski definition) is 0. The fraction of sp³-hybridized carbons (Fsp3) is 0.524. The van der Waals surface area contributed by atoms with Crippen molar-refractivity contribution < 1.29 is 9.66 Å². The monoisotopic (exact) mass is 412 g/mol. The number of methoxy groups -OCH3 is 1. The second kappa shape index (κ2) is 9.15. The van der Waals surface area contributed by atoms with Crippen molar-refractivity contribution in [3.63, 3.8) is 0 Å². The van der Waals surface area contributed by atoms with Gasteiger partial charge in [0.25, 0.3) is 0 Å². The van der Waals surface area contributed by atoms with Crippen molar-refractivity contribution in [1.82, 2.24) is 9.97 Å². The summed E-state index contributed by atoms with van der Waals surface area (Å²) in [6.07, 6.45) is 5.87. The van der Waals surface area contributed by atoms with Crippen molar-refractivity contribution in [3.05, 3.63) is 40.7 Å². The molecule has 0 saturated carbocycles. The highest BCUT2D eigenvalue weighted by molar-refractivity contribution is 5.71. The molecular weight excluding hydrogens is 384 g/mol. The van der Waals surface area contributed by atoms with E-state index in [9.17, 15) is 10.1 Å². The predicted molar refractivity (Wildman–Crippen MR) is 117 cm³/mol. The standard InChI is InChI=1S/C21H28N6O3/c1-30-18-8-6-17(7-9-18)24-12-14-26(15-13-24)21-19(27(28)29)20(22-16-23-21)25-10-4-2-3-5-11-25/h6-9,16H,2-5,10-15H2,1H3. The number of nitro groups is 1. The number of aromatic nitrogens is 2. The summed E-state index contributed by atoms with van der Waals surface area (Å²) in [6, 6.07) is 7.98. The summed E-state index contributed by atoms with van der Waals surface area (Å²) in [5.41, 5.74) is 1.16. The maximum Gasteiger partial charge on any atom is 0.353 e. The third-order valence-corrected chi connectivity index (χ3v) is 5.89. The first kappa shape index (κ1) is 20.2. The molecular formula is C21H28N6O3. The van der Waals surface area contributed by atoms with Crippen LogP contribution in [0.5, 0.6) is 5.75 Å². The number of nitrogens with zero attached hydrogens (tertiary/aromatic N) is 6. The molecule has 0 unspecified atom stereocenters. The van der Waals surface area contributed by atoms with Gasteiger partial charge in [0.15, 0.2) is 0 Å². The predicted octanol–water partition coefficient (Wildman–Crippen LogP) is 3.10. The van der Waals surface area contributed by atoms with Crippen LogP contribution in [0.1, 0.15) is 25.7 Å². The van der Waals surface area contributed by atoms with Gasteiger partial charge in [-0.05, 0) is 37.1 Å². The molecule has 160 valence electrons. The maximum atomic E-state index is 12.0. The highest BCUT2D eigenvalue weighted by Gasteiger charge is 2.31. The quantitative estimate of drug-likeness (QED) is 0.547. The lowest BCUT2D eigenvalue weighted by Gasteiger charge is -2.36. The van der Waals surface area contributed by atoms with Crippen molar-refractivity contribution in [2.45, 2.75) is 25.7 Å². The fourth-order valence-corrected chi connectivity index (χ4v) is 4.24. The van der Waals surface area contributed by atoms with E-state index in [0.29, 0.717) is 24.7 Å². The Balaban J connectivity index is 1.52. The Morgan fingerprint density at radius 1 is 0.833 bits per heavy atom. The maximum absolute atomic E-state index is 12.0. The number of anilines is 3. The van der Waals surface area contributed by atoms with Gasteiger partial charge in [-0.2, -0.15) is 0 Å². The average Bonchev–Trinajstić information content (AvgIpc) is 3.08. The van der Waals surface area contributed by atoms with Crippen LogP contribution in [0.15, 0.2) is 30.6 Å². The number of hydrogen-bond acceptors (Lipinski definition) is 8. The molecule has 2 fully saturated rings. The van der Waals surface area contributed by atoms with Crippen LogP contribution in [0.2, 0.25) is 0 Å². The summed E-state index contributed by atoms with van der Waals surface area (Å²) in [6.45, 7) is 4.50. The first-order valence-electron chi connectivity index (χ1n) is 10.6. The SMILES string of the molecule is COc1ccc(N2CCN(c3ncnc(N4CCCCCC4)c3[N+](=O)[O-])CC2)cc1. The van der Waals surface area contributed by atoms with Gasteiger partial charge < -0.3 is 19.4 Å². The van der Waals surface area contributed by atoms with Gasteiger partial charge in [-0.3, -0.25) is 10.1 Å². The second-order valence-corrected chi connectivity index (χ2v) is 7.70. The van der Waals surface area contributed by atoms with Gasteiger partial charge >= 0.3 is 5.69 Å². The Hall–Kier alpha value is -3.10. The molecule has 2 aliphatic rings. The lowest BCUT2D eigenvalue weighted by molar-refractivity contribution is -0.383. The van der Waals surface area contributed by atoms with Gasteiger partial charge in [0.1, 0.15) is 12.1 Å². The van der Waals surface area contributed by atoms with Crippen LogP contribution in [-0.4, -0.2) is 61.3 Å². The fourth-order valence-electron chi connectivity index (χ4n) is 4.24. The Kier molecular flexibility index (Phi) is 6.15. The molecule has 2 aliphatic heterocycles. The molecule has 9 nitrogen and oxygen atoms in total. The minimum atomic E-state index is -0.314. The van der Waals surface area contributed by atoms with E-state index in [2.05, 4.69) is 19.8 Å². The van der Waals surface area contributed by atoms with Gasteiger partial charge in [0, 0.05) is 45.0 Å². The molecule has 3 heterocycles. The molecule has 0 N–H and O–H groups in total. The van der Waals surface area contributed by atoms with Crippen molar-refractivity contribution in [1.29, 1.82) is 0 Å². The zero-order chi connectivity index (χ0) is 20.9. The number of rotatable bonds is 5. The minimum absolute atomic E-state index is 0.0392. The van der Waals surface area contributed by atoms with Crippen LogP contribution in [0, 0.1) is 10.1 Å². The molecule has 0 spiro atoms. The van der Waals surface area contributed by atoms with E-state index in [0.717, 1.165) is 63.3 Å². The van der Waals surface area contributed by atoms with Crippen LogP contribution in [0.3, 0.4) is 0 Å². The lowest BCUT2D eigenvalue weighted by atomic mass is 10.2. The molecule has 1 aromatic heterocycles. The molecule has 30 heavy (non-hydrogen) atoms. The van der Waals surface area contributed by atoms with E-state index in [-0.39, 0.29) is 10.6 Å². The van der Waals surface area contributed by atoms with Crippen LogP contribution in [0.4, 0.5) is 23.0 Å². The van der Waals surface area contributed by atoms with Crippen molar-refractivity contribution >= 4 is 23.0 Å². The highest BCUT2D eigenvalue weighted by atomic mass is 16.6. The molecule has 0 radical (unpaired) electrons. The van der Waals surface area contributed by atoms with E-state index < -0.39 is 0 Å². The molecule has 2 aromatic rings. The molecule has 0 atom stereocenters. The van der Waals surface area contributed by atoms with Crippen LogP contribution >= 0.6 is 0 Å². The van der Waals surface area contributed by atoms with E-state index in [1.54, 1.807) is 7.11 Å². The van der Waals surface area contributed by atoms with Gasteiger partial charge in [-0.25, -0.2) is 9.97 Å². The van der Waals surface area contributed by atoms with Crippen molar-refractivity contribution in [2.75, 3.05) is 61.1 Å². The third-order valence-electron chi connectivity index (χ3n) is 5.89. The average molecular weight is 412 g/mol. The van der Waals surface area contributed by atoms with E-state index in [4.69, 9.17) is 4.74 Å². The first-order chi connectivity index (χ1) is 14.7. The first-order valence-corrected chi connectivity index (χ1v) is 10.6. The summed E-state index contributed by atoms with van der Waals surface area (Å²) in [4.78, 5) is 26.7. The highest BCUT2D eigenvalue weighted by Crippen LogP contribution is 2.35. The second-order valence-electron chi connectivity index (χ2n) is 7.70. The molecule has 4 rings (SSSR count). The van der Waals surface area contributed by atoms with Crippen molar-refractivity contribution in [3.8, 4) is 5.75 Å². The normalized spacial score (nSPS) is 17.6. The van der Waals surface area contributed by atoms with Gasteiger partial charge in [-0.1, -0.05) is 12.8 Å². The minimum Gasteiger partial charge on any atom is -0.497 e. The summed E-state index contributed by atoms with van der Waals surface area (Å²) in [5.74, 6) is 1.73. The largest absolute Gasteiger partial charge is 0.497 e. The van der Waals surface area contributed by atoms with Gasteiger partial charge in [0.2, 0.25) is 11.6 Å². The van der Waals surface area contributed by atoms with Crippen LogP contribution in [0.25, 0.3) is 0 Å². The van der Waals surface area contributed by atoms with E-state index >= 15 is 0 Å².